The zero-order valence-electron chi connectivity index (χ0n) is 14.3. The van der Waals surface area contributed by atoms with Gasteiger partial charge in [0, 0.05) is 16.8 Å². The highest BCUT2D eigenvalue weighted by Gasteiger charge is 2.30. The maximum Gasteiger partial charge on any atom is 0.242 e. The molecule has 1 amide bonds. The molecule has 1 aliphatic rings. The lowest BCUT2D eigenvalue weighted by Crippen LogP contribution is -2.39. The van der Waals surface area contributed by atoms with Crippen molar-refractivity contribution >= 4 is 23.2 Å². The number of anilines is 1. The van der Waals surface area contributed by atoms with Crippen molar-refractivity contribution < 1.29 is 9.53 Å². The number of nitrogens with one attached hydrogen (secondary N) is 3. The molecule has 1 saturated heterocycles. The Labute approximate surface area is 152 Å². The van der Waals surface area contributed by atoms with Crippen LogP contribution in [-0.2, 0) is 4.79 Å². The Morgan fingerprint density at radius 2 is 2.00 bits per heavy atom. The maximum atomic E-state index is 12.5. The third-order valence-corrected chi connectivity index (χ3v) is 4.66. The zero-order valence-corrected chi connectivity index (χ0v) is 15.1. The van der Waals surface area contributed by atoms with Crippen LogP contribution in [0.4, 0.5) is 5.69 Å². The molecule has 3 rings (SSSR count). The number of hydrazine groups is 1. The van der Waals surface area contributed by atoms with Gasteiger partial charge in [-0.3, -0.25) is 4.79 Å². The lowest BCUT2D eigenvalue weighted by molar-refractivity contribution is -0.117. The summed E-state index contributed by atoms with van der Waals surface area (Å²) in [5.74, 6) is 0.785. The summed E-state index contributed by atoms with van der Waals surface area (Å²) >= 11 is 6.02. The average Bonchev–Trinajstić information content (AvgIpc) is 3.09. The van der Waals surface area contributed by atoms with Gasteiger partial charge in [0.2, 0.25) is 5.91 Å². The van der Waals surface area contributed by atoms with Gasteiger partial charge in [-0.15, -0.1) is 0 Å². The molecule has 1 heterocycles. The van der Waals surface area contributed by atoms with Crippen molar-refractivity contribution in [3.8, 4) is 5.75 Å². The minimum atomic E-state index is -0.299. The Morgan fingerprint density at radius 3 is 2.68 bits per heavy atom. The largest absolute Gasteiger partial charge is 0.494 e. The third-order valence-electron chi connectivity index (χ3n) is 4.24. The van der Waals surface area contributed by atoms with E-state index in [0.29, 0.717) is 18.1 Å². The molecule has 2 aromatic carbocycles. The summed E-state index contributed by atoms with van der Waals surface area (Å²) in [5.41, 5.74) is 9.06. The highest BCUT2D eigenvalue weighted by molar-refractivity contribution is 6.31. The van der Waals surface area contributed by atoms with Crippen LogP contribution in [0, 0.1) is 6.92 Å². The van der Waals surface area contributed by atoms with E-state index in [0.717, 1.165) is 22.6 Å². The Bertz CT molecular complexity index is 749. The molecule has 3 N–H and O–H groups in total. The fourth-order valence-corrected chi connectivity index (χ4v) is 2.98. The molecule has 5 nitrogen and oxygen atoms in total. The van der Waals surface area contributed by atoms with Gasteiger partial charge in [0.25, 0.3) is 0 Å². The maximum absolute atomic E-state index is 12.5. The van der Waals surface area contributed by atoms with Crippen LogP contribution in [0.5, 0.6) is 5.75 Å². The van der Waals surface area contributed by atoms with Crippen LogP contribution in [0.2, 0.25) is 5.02 Å². The normalized spacial score (nSPS) is 19.6. The first-order chi connectivity index (χ1) is 12.1. The number of carbonyl (C=O) groups is 1. The number of amides is 1. The van der Waals surface area contributed by atoms with E-state index in [1.807, 2.05) is 44.2 Å². The molecule has 1 fully saturated rings. The first-order valence-corrected chi connectivity index (χ1v) is 8.75. The number of hydrogen-bond donors (Lipinski definition) is 3. The molecule has 2 unspecified atom stereocenters. The van der Waals surface area contributed by atoms with E-state index >= 15 is 0 Å². The van der Waals surface area contributed by atoms with E-state index in [2.05, 4.69) is 16.2 Å². The number of carbonyl (C=O) groups excluding carboxylic acids is 1. The van der Waals surface area contributed by atoms with Gasteiger partial charge in [-0.2, -0.15) is 0 Å². The predicted molar refractivity (Wildman–Crippen MR) is 99.8 cm³/mol. The first-order valence-electron chi connectivity index (χ1n) is 8.37. The molecule has 132 valence electrons. The van der Waals surface area contributed by atoms with Crippen LogP contribution >= 0.6 is 11.6 Å². The topological polar surface area (TPSA) is 62.4 Å². The van der Waals surface area contributed by atoms with Gasteiger partial charge >= 0.3 is 0 Å². The van der Waals surface area contributed by atoms with Crippen LogP contribution in [0.3, 0.4) is 0 Å². The SMILES string of the molecule is CCOc1ccc(C2CC(C(=O)Nc3ccc(Cl)c(C)c3)NN2)cc1. The van der Waals surface area contributed by atoms with Crippen LogP contribution < -0.4 is 20.9 Å². The molecule has 0 saturated carbocycles. The van der Waals surface area contributed by atoms with Crippen molar-refractivity contribution in [3.05, 3.63) is 58.6 Å². The standard InChI is InChI=1S/C19H22ClN3O2/c1-3-25-15-7-4-13(5-8-15)17-11-18(23-22-17)19(24)21-14-6-9-16(20)12(2)10-14/h4-10,17-18,22-23H,3,11H2,1-2H3,(H,21,24). The molecule has 25 heavy (non-hydrogen) atoms. The van der Waals surface area contributed by atoms with Crippen LogP contribution in [0.1, 0.15) is 30.5 Å². The molecular weight excluding hydrogens is 338 g/mol. The number of halogens is 1. The molecule has 2 aromatic rings. The van der Waals surface area contributed by atoms with E-state index in [1.165, 1.54) is 0 Å². The molecule has 6 heteroatoms. The summed E-state index contributed by atoms with van der Waals surface area (Å²) in [6.45, 7) is 4.52. The Balaban J connectivity index is 1.59. The quantitative estimate of drug-likeness (QED) is 0.763. The molecule has 0 spiro atoms. The fourth-order valence-electron chi connectivity index (χ4n) is 2.86. The lowest BCUT2D eigenvalue weighted by atomic mass is 10.0. The van der Waals surface area contributed by atoms with Crippen molar-refractivity contribution in [1.29, 1.82) is 0 Å². The molecule has 0 radical (unpaired) electrons. The number of benzene rings is 2. The van der Waals surface area contributed by atoms with Gasteiger partial charge in [-0.25, -0.2) is 10.9 Å². The summed E-state index contributed by atoms with van der Waals surface area (Å²) in [4.78, 5) is 12.5. The van der Waals surface area contributed by atoms with Crippen molar-refractivity contribution in [1.82, 2.24) is 10.9 Å². The minimum Gasteiger partial charge on any atom is -0.494 e. The van der Waals surface area contributed by atoms with Crippen molar-refractivity contribution in [2.24, 2.45) is 0 Å². The molecule has 1 aliphatic heterocycles. The number of rotatable bonds is 5. The van der Waals surface area contributed by atoms with E-state index in [4.69, 9.17) is 16.3 Å². The first kappa shape index (κ1) is 17.7. The predicted octanol–water partition coefficient (Wildman–Crippen LogP) is 3.59. The molecule has 0 aromatic heterocycles. The van der Waals surface area contributed by atoms with Crippen molar-refractivity contribution in [2.45, 2.75) is 32.4 Å². The van der Waals surface area contributed by atoms with Crippen LogP contribution in [0.15, 0.2) is 42.5 Å². The second-order valence-electron chi connectivity index (χ2n) is 6.08. The summed E-state index contributed by atoms with van der Waals surface area (Å²) in [6, 6.07) is 13.2. The third kappa shape index (κ3) is 4.31. The summed E-state index contributed by atoms with van der Waals surface area (Å²) < 4.78 is 5.46. The Kier molecular flexibility index (Phi) is 5.58. The van der Waals surface area contributed by atoms with Gasteiger partial charge in [0.15, 0.2) is 0 Å². The highest BCUT2D eigenvalue weighted by Crippen LogP contribution is 2.25. The second kappa shape index (κ2) is 7.87. The van der Waals surface area contributed by atoms with E-state index in [1.54, 1.807) is 12.1 Å². The van der Waals surface area contributed by atoms with E-state index in [9.17, 15) is 4.79 Å². The minimum absolute atomic E-state index is 0.0670. The molecule has 2 atom stereocenters. The van der Waals surface area contributed by atoms with Gasteiger partial charge in [0.1, 0.15) is 11.8 Å². The fraction of sp³-hybridized carbons (Fsp3) is 0.316. The number of hydrogen-bond acceptors (Lipinski definition) is 4. The second-order valence-corrected chi connectivity index (χ2v) is 6.49. The van der Waals surface area contributed by atoms with Crippen molar-refractivity contribution in [2.75, 3.05) is 11.9 Å². The smallest absolute Gasteiger partial charge is 0.242 e. The Hall–Kier alpha value is -2.08. The highest BCUT2D eigenvalue weighted by atomic mass is 35.5. The monoisotopic (exact) mass is 359 g/mol. The summed E-state index contributed by atoms with van der Waals surface area (Å²) in [5, 5.41) is 3.62. The zero-order chi connectivity index (χ0) is 17.8. The molecule has 0 aliphatic carbocycles. The lowest BCUT2D eigenvalue weighted by Gasteiger charge is -2.12. The van der Waals surface area contributed by atoms with E-state index in [-0.39, 0.29) is 18.0 Å². The van der Waals surface area contributed by atoms with Gasteiger partial charge in [0.05, 0.1) is 6.61 Å². The van der Waals surface area contributed by atoms with E-state index < -0.39 is 0 Å². The number of aryl methyl sites for hydroxylation is 1. The van der Waals surface area contributed by atoms with Gasteiger partial charge < -0.3 is 10.1 Å². The van der Waals surface area contributed by atoms with Crippen LogP contribution in [-0.4, -0.2) is 18.6 Å². The van der Waals surface area contributed by atoms with Gasteiger partial charge in [-0.1, -0.05) is 23.7 Å². The summed E-state index contributed by atoms with van der Waals surface area (Å²) in [6.07, 6.45) is 0.673. The molecular formula is C19H22ClN3O2. The van der Waals surface area contributed by atoms with Gasteiger partial charge in [-0.05, 0) is 61.7 Å². The summed E-state index contributed by atoms with van der Waals surface area (Å²) in [7, 11) is 0. The van der Waals surface area contributed by atoms with Crippen LogP contribution in [0.25, 0.3) is 0 Å². The average molecular weight is 360 g/mol. The van der Waals surface area contributed by atoms with Crippen molar-refractivity contribution in [3.63, 3.8) is 0 Å². The Morgan fingerprint density at radius 1 is 1.24 bits per heavy atom. The molecule has 0 bridgehead atoms. The number of ether oxygens (including phenoxy) is 1.